The maximum absolute atomic E-state index is 9.56. The van der Waals surface area contributed by atoms with Crippen LogP contribution in [0.1, 0.15) is 13.3 Å². The smallest absolute Gasteiger partial charge is 0.227 e. The van der Waals surface area contributed by atoms with E-state index in [1.807, 2.05) is 6.20 Å². The fourth-order valence-corrected chi connectivity index (χ4v) is 1.69. The molecule has 0 saturated heterocycles. The van der Waals surface area contributed by atoms with Gasteiger partial charge in [-0.1, -0.05) is 0 Å². The summed E-state index contributed by atoms with van der Waals surface area (Å²) in [7, 11) is 0. The molecular weight excluding hydrogens is 357 g/mol. The maximum atomic E-state index is 9.56. The van der Waals surface area contributed by atoms with Crippen LogP contribution in [0.4, 0.5) is 11.6 Å². The Morgan fingerprint density at radius 3 is 2.74 bits per heavy atom. The molecule has 2 heterocycles. The highest BCUT2D eigenvalue weighted by Gasteiger charge is 2.12. The molecule has 0 aliphatic carbocycles. The van der Waals surface area contributed by atoms with E-state index < -0.39 is 5.60 Å². The summed E-state index contributed by atoms with van der Waals surface area (Å²) < 4.78 is 2.73. The number of aliphatic hydroxyl groups is 1. The molecule has 1 radical (unpaired) electrons. The van der Waals surface area contributed by atoms with E-state index in [1.165, 1.54) is 0 Å². The van der Waals surface area contributed by atoms with Gasteiger partial charge in [0.25, 0.3) is 0 Å². The van der Waals surface area contributed by atoms with Gasteiger partial charge in [-0.2, -0.15) is 5.10 Å². The lowest BCUT2D eigenvalue weighted by atomic mass is 10.1. The minimum absolute atomic E-state index is 0.532. The van der Waals surface area contributed by atoms with Gasteiger partial charge in [0.1, 0.15) is 0 Å². The highest BCUT2D eigenvalue weighted by Crippen LogP contribution is 2.13. The highest BCUT2D eigenvalue weighted by atomic mass is 127. The Kier molecular flexibility index (Phi) is 4.35. The summed E-state index contributed by atoms with van der Waals surface area (Å²) >= 11 is 2.15. The quantitative estimate of drug-likeness (QED) is 0.786. The molecular formula is C12H15IN5O. The summed E-state index contributed by atoms with van der Waals surface area (Å²) in [6.07, 6.45) is 7.54. The number of hydrogen-bond donors (Lipinski definition) is 2. The summed E-state index contributed by atoms with van der Waals surface area (Å²) in [6.45, 7) is 5.92. The number of rotatable bonds is 5. The average molecular weight is 372 g/mol. The van der Waals surface area contributed by atoms with Crippen LogP contribution >= 0.6 is 22.6 Å². The van der Waals surface area contributed by atoms with Crippen LogP contribution in [0.25, 0.3) is 0 Å². The zero-order chi connectivity index (χ0) is 13.9. The van der Waals surface area contributed by atoms with Gasteiger partial charge in [-0.15, -0.1) is 0 Å². The predicted molar refractivity (Wildman–Crippen MR) is 80.9 cm³/mol. The second kappa shape index (κ2) is 5.83. The minimum atomic E-state index is -0.932. The number of halogens is 1. The van der Waals surface area contributed by atoms with E-state index in [2.05, 4.69) is 49.9 Å². The molecule has 0 amide bonds. The van der Waals surface area contributed by atoms with Crippen molar-refractivity contribution in [1.82, 2.24) is 19.7 Å². The Hall–Kier alpha value is -1.22. The monoisotopic (exact) mass is 372 g/mol. The number of hydrogen-bond acceptors (Lipinski definition) is 5. The Labute approximate surface area is 125 Å². The summed E-state index contributed by atoms with van der Waals surface area (Å²) in [5.74, 6) is 0.532. The van der Waals surface area contributed by atoms with E-state index in [1.54, 1.807) is 30.2 Å². The van der Waals surface area contributed by atoms with Gasteiger partial charge in [0.2, 0.25) is 5.95 Å². The number of aromatic nitrogens is 4. The van der Waals surface area contributed by atoms with Crippen molar-refractivity contribution in [2.24, 2.45) is 0 Å². The molecule has 1 unspecified atom stereocenters. The molecule has 2 rings (SSSR count). The molecule has 2 N–H and O–H groups in total. The average Bonchev–Trinajstić information content (AvgIpc) is 2.77. The number of anilines is 2. The second-order valence-electron chi connectivity index (χ2n) is 4.59. The molecule has 2 aromatic rings. The molecule has 0 spiro atoms. The number of nitrogens with one attached hydrogen (secondary N) is 1. The second-order valence-corrected chi connectivity index (χ2v) is 5.83. The first kappa shape index (κ1) is 14.2. The first-order valence-electron chi connectivity index (χ1n) is 5.77. The lowest BCUT2D eigenvalue weighted by Gasteiger charge is -2.15. The van der Waals surface area contributed by atoms with Gasteiger partial charge in [0.05, 0.1) is 17.5 Å². The highest BCUT2D eigenvalue weighted by molar-refractivity contribution is 14.1. The molecule has 0 aliphatic rings. The number of aryl methyl sites for hydroxylation is 1. The van der Waals surface area contributed by atoms with E-state index in [-0.39, 0.29) is 0 Å². The fraction of sp³-hybridized carbons (Fsp3) is 0.333. The van der Waals surface area contributed by atoms with Gasteiger partial charge in [0, 0.05) is 28.7 Å². The molecule has 0 fully saturated rings. The van der Waals surface area contributed by atoms with E-state index >= 15 is 0 Å². The first-order chi connectivity index (χ1) is 8.92. The summed E-state index contributed by atoms with van der Waals surface area (Å²) in [5, 5.41) is 16.8. The minimum Gasteiger partial charge on any atom is -0.390 e. The van der Waals surface area contributed by atoms with Crippen LogP contribution in [-0.4, -0.2) is 30.5 Å². The Balaban J connectivity index is 1.95. The topological polar surface area (TPSA) is 75.9 Å². The van der Waals surface area contributed by atoms with Gasteiger partial charge in [-0.3, -0.25) is 4.68 Å². The maximum Gasteiger partial charge on any atom is 0.227 e. The van der Waals surface area contributed by atoms with Crippen molar-refractivity contribution in [1.29, 1.82) is 0 Å². The van der Waals surface area contributed by atoms with E-state index in [0.29, 0.717) is 18.9 Å². The molecule has 6 nitrogen and oxygen atoms in total. The zero-order valence-electron chi connectivity index (χ0n) is 10.5. The van der Waals surface area contributed by atoms with Gasteiger partial charge in [0.15, 0.2) is 0 Å². The SMILES string of the molecule is [CH2]C(C)(O)CCn1cc(Nc2ncc(I)cn2)cn1. The van der Waals surface area contributed by atoms with Gasteiger partial charge < -0.3 is 10.4 Å². The van der Waals surface area contributed by atoms with Crippen molar-refractivity contribution in [3.63, 3.8) is 0 Å². The van der Waals surface area contributed by atoms with Crippen molar-refractivity contribution in [3.8, 4) is 0 Å². The zero-order valence-corrected chi connectivity index (χ0v) is 12.7. The van der Waals surface area contributed by atoms with Gasteiger partial charge in [-0.25, -0.2) is 9.97 Å². The normalized spacial score (nSPS) is 11.6. The van der Waals surface area contributed by atoms with Gasteiger partial charge >= 0.3 is 0 Å². The Morgan fingerprint density at radius 2 is 2.11 bits per heavy atom. The molecule has 0 aliphatic heterocycles. The molecule has 2 aromatic heterocycles. The summed E-state index contributed by atoms with van der Waals surface area (Å²) in [6, 6.07) is 0. The molecule has 0 saturated carbocycles. The summed E-state index contributed by atoms with van der Waals surface area (Å²) in [4.78, 5) is 8.30. The van der Waals surface area contributed by atoms with Gasteiger partial charge in [-0.05, 0) is 42.9 Å². The predicted octanol–water partition coefficient (Wildman–Crippen LogP) is 2.00. The van der Waals surface area contributed by atoms with Crippen molar-refractivity contribution in [2.75, 3.05) is 5.32 Å². The lowest BCUT2D eigenvalue weighted by Crippen LogP contribution is -2.21. The van der Waals surface area contributed by atoms with Crippen LogP contribution < -0.4 is 5.32 Å². The molecule has 19 heavy (non-hydrogen) atoms. The fourth-order valence-electron chi connectivity index (χ4n) is 1.41. The van der Waals surface area contributed by atoms with Crippen LogP contribution in [-0.2, 0) is 6.54 Å². The van der Waals surface area contributed by atoms with Crippen LogP contribution in [0, 0.1) is 10.5 Å². The molecule has 0 bridgehead atoms. The third-order valence-corrected chi connectivity index (χ3v) is 2.95. The number of nitrogens with zero attached hydrogens (tertiary/aromatic N) is 4. The largest absolute Gasteiger partial charge is 0.390 e. The molecule has 0 aromatic carbocycles. The van der Waals surface area contributed by atoms with E-state index in [0.717, 1.165) is 9.26 Å². The van der Waals surface area contributed by atoms with Crippen LogP contribution in [0.15, 0.2) is 24.8 Å². The third-order valence-electron chi connectivity index (χ3n) is 2.39. The van der Waals surface area contributed by atoms with Crippen molar-refractivity contribution in [2.45, 2.75) is 25.5 Å². The van der Waals surface area contributed by atoms with E-state index in [9.17, 15) is 5.11 Å². The molecule has 101 valence electrons. The first-order valence-corrected chi connectivity index (χ1v) is 6.85. The Bertz CT molecular complexity index is 532. The van der Waals surface area contributed by atoms with Crippen LogP contribution in [0.3, 0.4) is 0 Å². The van der Waals surface area contributed by atoms with Crippen LogP contribution in [0.5, 0.6) is 0 Å². The Morgan fingerprint density at radius 1 is 1.42 bits per heavy atom. The van der Waals surface area contributed by atoms with E-state index in [4.69, 9.17) is 0 Å². The van der Waals surface area contributed by atoms with Crippen molar-refractivity contribution in [3.05, 3.63) is 35.3 Å². The third kappa shape index (κ3) is 4.75. The standard InChI is InChI=1S/C12H15IN5O/c1-12(2,19)3-4-18-8-10(7-16-18)17-11-14-5-9(13)6-15-11/h5-8,19H,1,3-4H2,2H3,(H,14,15,17). The van der Waals surface area contributed by atoms with Crippen molar-refractivity contribution < 1.29 is 5.11 Å². The molecule has 1 atom stereocenters. The molecule has 7 heteroatoms. The lowest BCUT2D eigenvalue weighted by molar-refractivity contribution is 0.0923. The summed E-state index contributed by atoms with van der Waals surface area (Å²) in [5.41, 5.74) is -0.122. The van der Waals surface area contributed by atoms with Crippen LogP contribution in [0.2, 0.25) is 0 Å². The van der Waals surface area contributed by atoms with Crippen molar-refractivity contribution >= 4 is 34.2 Å².